The molecule has 0 spiro atoms. The van der Waals surface area contributed by atoms with Gasteiger partial charge in [0.2, 0.25) is 0 Å². The molecule has 2 aliphatic rings. The molecular formula is C15H19F3IN3O2. The number of morpholine rings is 1. The number of hydrogen-bond donors (Lipinski definition) is 1. The number of nitrogens with two attached hydrogens (primary N) is 1. The van der Waals surface area contributed by atoms with Gasteiger partial charge in [0.1, 0.15) is 5.75 Å². The van der Waals surface area contributed by atoms with Gasteiger partial charge in [-0.25, -0.2) is 4.99 Å². The predicted octanol–water partition coefficient (Wildman–Crippen LogP) is 2.71. The van der Waals surface area contributed by atoms with E-state index in [0.29, 0.717) is 44.2 Å². The molecule has 2 N–H and O–H groups in total. The van der Waals surface area contributed by atoms with Crippen molar-refractivity contribution >= 4 is 29.9 Å². The molecule has 3 rings (SSSR count). The van der Waals surface area contributed by atoms with Crippen molar-refractivity contribution in [3.63, 3.8) is 0 Å². The fourth-order valence-electron chi connectivity index (χ4n) is 2.71. The van der Waals surface area contributed by atoms with Crippen molar-refractivity contribution in [1.82, 2.24) is 4.90 Å². The van der Waals surface area contributed by atoms with Crippen LogP contribution in [0.1, 0.15) is 17.9 Å². The van der Waals surface area contributed by atoms with E-state index in [1.54, 1.807) is 12.1 Å². The van der Waals surface area contributed by atoms with E-state index in [2.05, 4.69) is 9.73 Å². The first-order valence-corrected chi connectivity index (χ1v) is 7.44. The Morgan fingerprint density at radius 2 is 1.92 bits per heavy atom. The average molecular weight is 457 g/mol. The lowest BCUT2D eigenvalue weighted by Gasteiger charge is -2.27. The van der Waals surface area contributed by atoms with Crippen molar-refractivity contribution in [3.05, 3.63) is 29.8 Å². The Kier molecular flexibility index (Phi) is 6.18. The second kappa shape index (κ2) is 7.77. The molecule has 134 valence electrons. The van der Waals surface area contributed by atoms with Crippen molar-refractivity contribution < 1.29 is 22.6 Å². The van der Waals surface area contributed by atoms with Crippen LogP contribution in [-0.4, -0.2) is 49.6 Å². The number of aliphatic imine (C=N–C) groups is 1. The van der Waals surface area contributed by atoms with Gasteiger partial charge in [-0.2, -0.15) is 0 Å². The Morgan fingerprint density at radius 3 is 2.58 bits per heavy atom. The third kappa shape index (κ3) is 4.88. The van der Waals surface area contributed by atoms with Crippen molar-refractivity contribution in [2.75, 3.05) is 26.3 Å². The molecule has 1 saturated carbocycles. The molecule has 2 atom stereocenters. The normalized spacial score (nSPS) is 24.3. The van der Waals surface area contributed by atoms with Crippen molar-refractivity contribution in [1.29, 1.82) is 0 Å². The topological polar surface area (TPSA) is 60.1 Å². The summed E-state index contributed by atoms with van der Waals surface area (Å²) in [6.07, 6.45) is -4.03. The lowest BCUT2D eigenvalue weighted by atomic mass is 10.1. The third-order valence-electron chi connectivity index (χ3n) is 3.93. The highest BCUT2D eigenvalue weighted by Gasteiger charge is 2.42. The highest BCUT2D eigenvalue weighted by atomic mass is 127. The SMILES string of the molecule is I.NC(=NC1CC1c1ccccc1OC(F)(F)F)N1CCOCC1. The highest BCUT2D eigenvalue weighted by molar-refractivity contribution is 14.0. The van der Waals surface area contributed by atoms with Crippen molar-refractivity contribution in [2.45, 2.75) is 24.7 Å². The van der Waals surface area contributed by atoms with Gasteiger partial charge < -0.3 is 20.1 Å². The maximum atomic E-state index is 12.5. The summed E-state index contributed by atoms with van der Waals surface area (Å²) in [6, 6.07) is 6.09. The van der Waals surface area contributed by atoms with E-state index in [1.807, 2.05) is 4.90 Å². The van der Waals surface area contributed by atoms with Gasteiger partial charge in [0.15, 0.2) is 5.96 Å². The fraction of sp³-hybridized carbons (Fsp3) is 0.533. The van der Waals surface area contributed by atoms with Crippen LogP contribution in [0.15, 0.2) is 29.3 Å². The van der Waals surface area contributed by atoms with Crippen LogP contribution in [0.5, 0.6) is 5.75 Å². The minimum atomic E-state index is -4.70. The van der Waals surface area contributed by atoms with Crippen LogP contribution in [0.3, 0.4) is 0 Å². The van der Waals surface area contributed by atoms with Crippen LogP contribution in [0.4, 0.5) is 13.2 Å². The number of rotatable bonds is 3. The van der Waals surface area contributed by atoms with Crippen LogP contribution in [0.25, 0.3) is 0 Å². The summed E-state index contributed by atoms with van der Waals surface area (Å²) in [5, 5.41) is 0. The number of nitrogens with zero attached hydrogens (tertiary/aromatic N) is 2. The molecule has 1 aromatic carbocycles. The van der Waals surface area contributed by atoms with E-state index in [9.17, 15) is 13.2 Å². The monoisotopic (exact) mass is 457 g/mol. The number of para-hydroxylation sites is 1. The standard InChI is InChI=1S/C15H18F3N3O2.HI/c16-15(17,18)23-13-4-2-1-3-10(13)11-9-12(11)20-14(19)21-5-7-22-8-6-21;/h1-4,11-12H,5-9H2,(H2,19,20);1H. The van der Waals surface area contributed by atoms with Gasteiger partial charge in [-0.1, -0.05) is 18.2 Å². The number of halogens is 4. The zero-order valence-electron chi connectivity index (χ0n) is 12.8. The summed E-state index contributed by atoms with van der Waals surface area (Å²) in [4.78, 5) is 6.36. The first-order valence-electron chi connectivity index (χ1n) is 7.44. The van der Waals surface area contributed by atoms with Crippen LogP contribution >= 0.6 is 24.0 Å². The highest BCUT2D eigenvalue weighted by Crippen LogP contribution is 2.47. The summed E-state index contributed by atoms with van der Waals surface area (Å²) in [7, 11) is 0. The number of ether oxygens (including phenoxy) is 2. The average Bonchev–Trinajstić information content (AvgIpc) is 3.26. The molecule has 0 bridgehead atoms. The number of alkyl halides is 3. The first-order chi connectivity index (χ1) is 10.9. The molecule has 5 nitrogen and oxygen atoms in total. The molecule has 0 radical (unpaired) electrons. The van der Waals surface area contributed by atoms with E-state index >= 15 is 0 Å². The quantitative estimate of drug-likeness (QED) is 0.431. The second-order valence-electron chi connectivity index (χ2n) is 5.58. The second-order valence-corrected chi connectivity index (χ2v) is 5.58. The zero-order chi connectivity index (χ0) is 16.4. The number of benzene rings is 1. The molecule has 24 heavy (non-hydrogen) atoms. The maximum Gasteiger partial charge on any atom is 0.573 e. The first kappa shape index (κ1) is 19.1. The minimum Gasteiger partial charge on any atom is -0.405 e. The van der Waals surface area contributed by atoms with E-state index in [1.165, 1.54) is 12.1 Å². The molecule has 1 aliphatic carbocycles. The van der Waals surface area contributed by atoms with Crippen LogP contribution in [0, 0.1) is 0 Å². The Balaban J connectivity index is 0.00000208. The molecule has 1 aliphatic heterocycles. The molecule has 1 saturated heterocycles. The van der Waals surface area contributed by atoms with Gasteiger partial charge in [-0.05, 0) is 18.1 Å². The zero-order valence-corrected chi connectivity index (χ0v) is 15.2. The molecule has 0 aromatic heterocycles. The molecule has 2 unspecified atom stereocenters. The minimum absolute atomic E-state index is 0. The molecule has 1 aromatic rings. The van der Waals surface area contributed by atoms with Gasteiger partial charge in [0.05, 0.1) is 19.3 Å². The molecule has 0 amide bonds. The van der Waals surface area contributed by atoms with Crippen molar-refractivity contribution in [2.24, 2.45) is 10.7 Å². The lowest BCUT2D eigenvalue weighted by Crippen LogP contribution is -2.45. The van der Waals surface area contributed by atoms with Crippen LogP contribution in [0.2, 0.25) is 0 Å². The maximum absolute atomic E-state index is 12.5. The fourth-order valence-corrected chi connectivity index (χ4v) is 2.71. The Bertz CT molecular complexity index is 592. The van der Waals surface area contributed by atoms with Crippen molar-refractivity contribution in [3.8, 4) is 5.75 Å². The van der Waals surface area contributed by atoms with Gasteiger partial charge in [0.25, 0.3) is 0 Å². The predicted molar refractivity (Wildman–Crippen MR) is 93.7 cm³/mol. The van der Waals surface area contributed by atoms with E-state index < -0.39 is 6.36 Å². The third-order valence-corrected chi connectivity index (χ3v) is 3.93. The molecule has 2 fully saturated rings. The summed E-state index contributed by atoms with van der Waals surface area (Å²) in [6.45, 7) is 2.57. The summed E-state index contributed by atoms with van der Waals surface area (Å²) in [5.41, 5.74) is 6.50. The van der Waals surface area contributed by atoms with E-state index in [-0.39, 0.29) is 41.7 Å². The molecule has 1 heterocycles. The number of guanidine groups is 1. The van der Waals surface area contributed by atoms with Crippen LogP contribution in [-0.2, 0) is 4.74 Å². The Labute approximate surface area is 155 Å². The Morgan fingerprint density at radius 1 is 1.25 bits per heavy atom. The summed E-state index contributed by atoms with van der Waals surface area (Å²) in [5.74, 6) is 0.177. The van der Waals surface area contributed by atoms with Gasteiger partial charge in [0, 0.05) is 19.0 Å². The summed E-state index contributed by atoms with van der Waals surface area (Å²) < 4.78 is 46.7. The lowest BCUT2D eigenvalue weighted by molar-refractivity contribution is -0.274. The summed E-state index contributed by atoms with van der Waals surface area (Å²) >= 11 is 0. The van der Waals surface area contributed by atoms with Gasteiger partial charge >= 0.3 is 6.36 Å². The Hall–Kier alpha value is -1.23. The van der Waals surface area contributed by atoms with Gasteiger partial charge in [-0.15, -0.1) is 37.1 Å². The number of hydrogen-bond acceptors (Lipinski definition) is 3. The van der Waals surface area contributed by atoms with E-state index in [0.717, 1.165) is 0 Å². The van der Waals surface area contributed by atoms with Gasteiger partial charge in [-0.3, -0.25) is 0 Å². The smallest absolute Gasteiger partial charge is 0.405 e. The molecule has 9 heteroatoms. The van der Waals surface area contributed by atoms with Crippen LogP contribution < -0.4 is 10.5 Å². The largest absolute Gasteiger partial charge is 0.573 e. The molecular weight excluding hydrogens is 438 g/mol. The van der Waals surface area contributed by atoms with E-state index in [4.69, 9.17) is 10.5 Å².